The molecule has 3 aromatic rings. The minimum absolute atomic E-state index is 0.121. The van der Waals surface area contributed by atoms with E-state index in [1.165, 1.54) is 6.20 Å². The maximum absolute atomic E-state index is 13.2. The molecule has 0 unspecified atom stereocenters. The molecule has 0 N–H and O–H groups in total. The van der Waals surface area contributed by atoms with Crippen LogP contribution in [0.1, 0.15) is 56.3 Å². The van der Waals surface area contributed by atoms with Crippen molar-refractivity contribution in [3.8, 4) is 0 Å². The Bertz CT molecular complexity index is 1130. The van der Waals surface area contributed by atoms with Crippen LogP contribution in [0.4, 0.5) is 0 Å². The summed E-state index contributed by atoms with van der Waals surface area (Å²) in [7, 11) is 0. The number of aromatic nitrogens is 2. The van der Waals surface area contributed by atoms with Crippen molar-refractivity contribution in [1.82, 2.24) is 14.3 Å². The molecule has 136 valence electrons. The second kappa shape index (κ2) is 6.42. The van der Waals surface area contributed by atoms with Crippen LogP contribution >= 0.6 is 15.9 Å². The van der Waals surface area contributed by atoms with E-state index in [1.54, 1.807) is 39.8 Å². The monoisotopic (exact) mass is 425 g/mol. The van der Waals surface area contributed by atoms with Crippen LogP contribution in [0.5, 0.6) is 0 Å². The van der Waals surface area contributed by atoms with Gasteiger partial charge in [-0.05, 0) is 54.0 Å². The predicted molar refractivity (Wildman–Crippen MR) is 103 cm³/mol. The van der Waals surface area contributed by atoms with Crippen molar-refractivity contribution in [3.05, 3.63) is 69.2 Å². The SMILES string of the molecule is CCN(CC)C(=O)c1c2c(n3cc(Br)ccc13)C(=O)c1ncccc1C2=O. The van der Waals surface area contributed by atoms with Crippen LogP contribution in [-0.2, 0) is 0 Å². The molecule has 0 atom stereocenters. The van der Waals surface area contributed by atoms with E-state index in [9.17, 15) is 14.4 Å². The Balaban J connectivity index is 2.10. The van der Waals surface area contributed by atoms with Crippen LogP contribution in [0.2, 0.25) is 0 Å². The lowest BCUT2D eigenvalue weighted by molar-refractivity contribution is 0.0770. The molecule has 1 aliphatic rings. The van der Waals surface area contributed by atoms with Gasteiger partial charge in [-0.2, -0.15) is 0 Å². The molecule has 1 amide bonds. The number of halogens is 1. The van der Waals surface area contributed by atoms with Gasteiger partial charge in [0.25, 0.3) is 5.91 Å². The normalized spacial score (nSPS) is 12.9. The molecular weight excluding hydrogens is 410 g/mol. The number of nitrogens with zero attached hydrogens (tertiary/aromatic N) is 3. The number of carbonyl (C=O) groups excluding carboxylic acids is 3. The maximum atomic E-state index is 13.2. The molecule has 3 aromatic heterocycles. The number of hydrogen-bond acceptors (Lipinski definition) is 4. The number of fused-ring (bicyclic) bond motifs is 4. The van der Waals surface area contributed by atoms with E-state index in [1.807, 2.05) is 13.8 Å². The zero-order valence-electron chi connectivity index (χ0n) is 14.8. The second-order valence-corrected chi connectivity index (χ2v) is 7.15. The van der Waals surface area contributed by atoms with Gasteiger partial charge in [-0.1, -0.05) is 0 Å². The van der Waals surface area contributed by atoms with E-state index in [4.69, 9.17) is 0 Å². The van der Waals surface area contributed by atoms with Gasteiger partial charge in [0, 0.05) is 30.0 Å². The molecule has 0 bridgehead atoms. The number of hydrogen-bond donors (Lipinski definition) is 0. The highest BCUT2D eigenvalue weighted by Gasteiger charge is 2.39. The summed E-state index contributed by atoms with van der Waals surface area (Å²) in [5.41, 5.74) is 1.52. The van der Waals surface area contributed by atoms with Gasteiger partial charge in [0.1, 0.15) is 11.4 Å². The van der Waals surface area contributed by atoms with Gasteiger partial charge < -0.3 is 9.30 Å². The zero-order chi connectivity index (χ0) is 19.3. The number of rotatable bonds is 3. The average molecular weight is 426 g/mol. The summed E-state index contributed by atoms with van der Waals surface area (Å²) in [6.07, 6.45) is 3.19. The summed E-state index contributed by atoms with van der Waals surface area (Å²) in [5.74, 6) is -0.954. The second-order valence-electron chi connectivity index (χ2n) is 6.24. The Morgan fingerprint density at radius 3 is 2.59 bits per heavy atom. The summed E-state index contributed by atoms with van der Waals surface area (Å²) in [6.45, 7) is 4.79. The minimum atomic E-state index is -0.355. The number of ketones is 2. The molecule has 0 saturated carbocycles. The zero-order valence-corrected chi connectivity index (χ0v) is 16.4. The fourth-order valence-electron chi connectivity index (χ4n) is 3.58. The highest BCUT2D eigenvalue weighted by Crippen LogP contribution is 2.34. The molecule has 4 rings (SSSR count). The molecule has 7 heteroatoms. The van der Waals surface area contributed by atoms with E-state index in [2.05, 4.69) is 20.9 Å². The Labute approximate surface area is 163 Å². The number of pyridine rings is 2. The predicted octanol–water partition coefficient (Wildman–Crippen LogP) is 3.35. The van der Waals surface area contributed by atoms with Crippen molar-refractivity contribution in [3.63, 3.8) is 0 Å². The summed E-state index contributed by atoms with van der Waals surface area (Å²) in [5, 5.41) is 0. The molecule has 0 aliphatic heterocycles. The van der Waals surface area contributed by atoms with Gasteiger partial charge in [0.05, 0.1) is 22.2 Å². The fourth-order valence-corrected chi connectivity index (χ4v) is 3.91. The van der Waals surface area contributed by atoms with E-state index in [0.717, 1.165) is 4.47 Å². The van der Waals surface area contributed by atoms with Crippen molar-refractivity contribution >= 4 is 38.9 Å². The highest BCUT2D eigenvalue weighted by atomic mass is 79.9. The molecule has 0 aromatic carbocycles. The first-order valence-corrected chi connectivity index (χ1v) is 9.46. The third-order valence-corrected chi connectivity index (χ3v) is 5.34. The Kier molecular flexibility index (Phi) is 4.19. The standard InChI is InChI=1S/C20H16BrN3O3/c1-3-23(4-2)20(27)14-13-8-7-11(21)10-24(13)17-15(14)18(25)12-6-5-9-22-16(12)19(17)26/h5-10H,3-4H2,1-2H3. The van der Waals surface area contributed by atoms with Gasteiger partial charge in [-0.15, -0.1) is 0 Å². The van der Waals surface area contributed by atoms with Gasteiger partial charge in [-0.25, -0.2) is 0 Å². The molecule has 0 saturated heterocycles. The van der Waals surface area contributed by atoms with Crippen LogP contribution in [-0.4, -0.2) is 44.8 Å². The lowest BCUT2D eigenvalue weighted by Gasteiger charge is -2.20. The molecular formula is C20H16BrN3O3. The van der Waals surface area contributed by atoms with Crippen LogP contribution in [0.3, 0.4) is 0 Å². The summed E-state index contributed by atoms with van der Waals surface area (Å²) >= 11 is 3.40. The molecule has 27 heavy (non-hydrogen) atoms. The molecule has 6 nitrogen and oxygen atoms in total. The quantitative estimate of drug-likeness (QED) is 0.504. The Hall–Kier alpha value is -2.80. The largest absolute Gasteiger partial charge is 0.339 e. The van der Waals surface area contributed by atoms with E-state index in [-0.39, 0.29) is 45.6 Å². The van der Waals surface area contributed by atoms with Gasteiger partial charge in [-0.3, -0.25) is 19.4 Å². The smallest absolute Gasteiger partial charge is 0.256 e. The first kappa shape index (κ1) is 17.6. The first-order chi connectivity index (χ1) is 13.0. The fraction of sp³-hybridized carbons (Fsp3) is 0.200. The van der Waals surface area contributed by atoms with Crippen molar-refractivity contribution in [1.29, 1.82) is 0 Å². The molecule has 1 aliphatic carbocycles. The van der Waals surface area contributed by atoms with Crippen LogP contribution < -0.4 is 0 Å². The van der Waals surface area contributed by atoms with Crippen LogP contribution in [0, 0.1) is 0 Å². The van der Waals surface area contributed by atoms with E-state index >= 15 is 0 Å². The van der Waals surface area contributed by atoms with Gasteiger partial charge in [0.2, 0.25) is 5.78 Å². The van der Waals surface area contributed by atoms with Gasteiger partial charge >= 0.3 is 0 Å². The molecule has 0 fully saturated rings. The van der Waals surface area contributed by atoms with E-state index < -0.39 is 0 Å². The lowest BCUT2D eigenvalue weighted by atomic mass is 9.89. The Morgan fingerprint density at radius 2 is 1.89 bits per heavy atom. The van der Waals surface area contributed by atoms with Crippen molar-refractivity contribution in [2.75, 3.05) is 13.1 Å². The van der Waals surface area contributed by atoms with Crippen molar-refractivity contribution in [2.24, 2.45) is 0 Å². The van der Waals surface area contributed by atoms with Crippen molar-refractivity contribution in [2.45, 2.75) is 13.8 Å². The summed E-state index contributed by atoms with van der Waals surface area (Å²) < 4.78 is 2.36. The van der Waals surface area contributed by atoms with Crippen LogP contribution in [0.15, 0.2) is 41.1 Å². The van der Waals surface area contributed by atoms with Gasteiger partial charge in [0.15, 0.2) is 5.78 Å². The van der Waals surface area contributed by atoms with Crippen LogP contribution in [0.25, 0.3) is 5.52 Å². The van der Waals surface area contributed by atoms with E-state index in [0.29, 0.717) is 18.6 Å². The average Bonchev–Trinajstić information content (AvgIpc) is 3.01. The first-order valence-electron chi connectivity index (χ1n) is 8.66. The summed E-state index contributed by atoms with van der Waals surface area (Å²) in [6, 6.07) is 6.74. The lowest BCUT2D eigenvalue weighted by Crippen LogP contribution is -2.32. The number of carbonyl (C=O) groups is 3. The minimum Gasteiger partial charge on any atom is -0.339 e. The highest BCUT2D eigenvalue weighted by molar-refractivity contribution is 9.10. The molecule has 0 radical (unpaired) electrons. The number of amides is 1. The molecule has 0 spiro atoms. The maximum Gasteiger partial charge on any atom is 0.256 e. The van der Waals surface area contributed by atoms with Crippen molar-refractivity contribution < 1.29 is 14.4 Å². The third kappa shape index (κ3) is 2.45. The topological polar surface area (TPSA) is 71.8 Å². The molecule has 3 heterocycles. The Morgan fingerprint density at radius 1 is 1.15 bits per heavy atom. The summed E-state index contributed by atoms with van der Waals surface area (Å²) in [4.78, 5) is 45.4. The third-order valence-electron chi connectivity index (χ3n) is 4.87.